The number of hydrogen-bond donors (Lipinski definition) is 2. The summed E-state index contributed by atoms with van der Waals surface area (Å²) in [5.41, 5.74) is 4.69. The number of nitrogens with zero attached hydrogens (tertiary/aromatic N) is 4. The summed E-state index contributed by atoms with van der Waals surface area (Å²) in [7, 11) is 0. The van der Waals surface area contributed by atoms with Crippen molar-refractivity contribution >= 4 is 28.6 Å². The van der Waals surface area contributed by atoms with E-state index in [2.05, 4.69) is 39.7 Å². The van der Waals surface area contributed by atoms with Gasteiger partial charge in [-0.05, 0) is 48.7 Å². The quantitative estimate of drug-likeness (QED) is 0.315. The Kier molecular flexibility index (Phi) is 6.48. The fourth-order valence-electron chi connectivity index (χ4n) is 3.97. The first-order valence-corrected chi connectivity index (χ1v) is 11.6. The van der Waals surface area contributed by atoms with Gasteiger partial charge in [0.15, 0.2) is 0 Å². The van der Waals surface area contributed by atoms with E-state index >= 15 is 0 Å². The molecule has 0 saturated carbocycles. The number of aryl methyl sites for hydroxylation is 1. The molecule has 0 spiro atoms. The van der Waals surface area contributed by atoms with Crippen molar-refractivity contribution in [1.82, 2.24) is 19.5 Å². The number of carbonyl (C=O) groups is 1. The Bertz CT molecular complexity index is 1430. The van der Waals surface area contributed by atoms with Crippen LogP contribution in [0.1, 0.15) is 30.5 Å². The fraction of sp³-hybridized carbons (Fsp3) is 0.143. The monoisotopic (exact) mass is 462 g/mol. The van der Waals surface area contributed by atoms with Gasteiger partial charge in [-0.1, -0.05) is 60.7 Å². The molecule has 0 radical (unpaired) electrons. The standard InChI is InChI=1S/C28H26N6O/c1-20(22-10-6-3-7-11-22)31-28-29-17-16-26(33-28)34-19-30-24-14-13-23(18-25(24)34)32-27(35)15-12-21-8-4-2-5-9-21/h2-11,13-14,16-20H,12,15H2,1H3,(H,32,35)(H,29,31,33)/t20-/m0/s1. The molecule has 2 N–H and O–H groups in total. The van der Waals surface area contributed by atoms with Crippen molar-refractivity contribution in [2.75, 3.05) is 10.6 Å². The maximum atomic E-state index is 12.5. The van der Waals surface area contributed by atoms with Crippen molar-refractivity contribution in [3.63, 3.8) is 0 Å². The molecule has 0 bridgehead atoms. The molecule has 0 unspecified atom stereocenters. The van der Waals surface area contributed by atoms with E-state index in [9.17, 15) is 4.79 Å². The van der Waals surface area contributed by atoms with Crippen molar-refractivity contribution in [1.29, 1.82) is 0 Å². The summed E-state index contributed by atoms with van der Waals surface area (Å²) in [6.45, 7) is 2.07. The molecular formula is C28H26N6O. The normalized spacial score (nSPS) is 11.8. The smallest absolute Gasteiger partial charge is 0.225 e. The highest BCUT2D eigenvalue weighted by Crippen LogP contribution is 2.23. The third-order valence-corrected chi connectivity index (χ3v) is 5.85. The van der Waals surface area contributed by atoms with Gasteiger partial charge in [-0.2, -0.15) is 4.98 Å². The van der Waals surface area contributed by atoms with Crippen molar-refractivity contribution < 1.29 is 4.79 Å². The molecule has 2 heterocycles. The topological polar surface area (TPSA) is 84.7 Å². The minimum absolute atomic E-state index is 0.0253. The van der Waals surface area contributed by atoms with Gasteiger partial charge in [0.05, 0.1) is 17.1 Å². The zero-order valence-electron chi connectivity index (χ0n) is 19.4. The van der Waals surface area contributed by atoms with E-state index in [0.29, 0.717) is 24.6 Å². The van der Waals surface area contributed by atoms with Crippen LogP contribution in [0.15, 0.2) is 97.5 Å². The van der Waals surface area contributed by atoms with Gasteiger partial charge in [-0.25, -0.2) is 9.97 Å². The SMILES string of the molecule is C[C@H](Nc1nccc(-n2cnc3ccc(NC(=O)CCc4ccccc4)cc32)n1)c1ccccc1. The van der Waals surface area contributed by atoms with Crippen LogP contribution in [0, 0.1) is 0 Å². The van der Waals surface area contributed by atoms with Gasteiger partial charge >= 0.3 is 0 Å². The van der Waals surface area contributed by atoms with Crippen LogP contribution in [0.25, 0.3) is 16.9 Å². The van der Waals surface area contributed by atoms with Gasteiger partial charge in [0.1, 0.15) is 12.1 Å². The predicted molar refractivity (Wildman–Crippen MR) is 139 cm³/mol. The highest BCUT2D eigenvalue weighted by atomic mass is 16.1. The molecule has 0 fully saturated rings. The van der Waals surface area contributed by atoms with Crippen molar-refractivity contribution in [2.24, 2.45) is 0 Å². The number of rotatable bonds is 8. The van der Waals surface area contributed by atoms with E-state index in [0.717, 1.165) is 27.8 Å². The lowest BCUT2D eigenvalue weighted by molar-refractivity contribution is -0.116. The molecule has 1 atom stereocenters. The molecule has 0 aliphatic rings. The summed E-state index contributed by atoms with van der Waals surface area (Å²) in [4.78, 5) is 26.1. The number of carbonyl (C=O) groups excluding carboxylic acids is 1. The first kappa shape index (κ1) is 22.3. The van der Waals surface area contributed by atoms with Crippen molar-refractivity contribution in [2.45, 2.75) is 25.8 Å². The van der Waals surface area contributed by atoms with Crippen LogP contribution in [0.5, 0.6) is 0 Å². The van der Waals surface area contributed by atoms with Crippen LogP contribution >= 0.6 is 0 Å². The Hall–Kier alpha value is -4.52. The second kappa shape index (κ2) is 10.2. The lowest BCUT2D eigenvalue weighted by atomic mass is 10.1. The second-order valence-electron chi connectivity index (χ2n) is 8.37. The zero-order valence-corrected chi connectivity index (χ0v) is 19.4. The van der Waals surface area contributed by atoms with Crippen LogP contribution in [-0.2, 0) is 11.2 Å². The highest BCUT2D eigenvalue weighted by molar-refractivity contribution is 5.93. The lowest BCUT2D eigenvalue weighted by Crippen LogP contribution is -2.12. The summed E-state index contributed by atoms with van der Waals surface area (Å²) in [5.74, 6) is 1.20. The van der Waals surface area contributed by atoms with Gasteiger partial charge < -0.3 is 10.6 Å². The van der Waals surface area contributed by atoms with Gasteiger partial charge in [0.25, 0.3) is 0 Å². The van der Waals surface area contributed by atoms with E-state index in [1.807, 2.05) is 77.4 Å². The molecule has 7 nitrogen and oxygen atoms in total. The van der Waals surface area contributed by atoms with Crippen LogP contribution < -0.4 is 10.6 Å². The molecule has 0 saturated heterocycles. The molecule has 174 valence electrons. The average Bonchev–Trinajstić information content (AvgIpc) is 3.32. The van der Waals surface area contributed by atoms with Crippen LogP contribution in [0.3, 0.4) is 0 Å². The van der Waals surface area contributed by atoms with Gasteiger partial charge in [0, 0.05) is 18.3 Å². The van der Waals surface area contributed by atoms with E-state index in [1.54, 1.807) is 12.5 Å². The second-order valence-corrected chi connectivity index (χ2v) is 8.37. The van der Waals surface area contributed by atoms with Gasteiger partial charge in [-0.3, -0.25) is 9.36 Å². The number of imidazole rings is 1. The molecule has 1 amide bonds. The molecule has 7 heteroatoms. The minimum atomic E-state index is -0.0253. The van der Waals surface area contributed by atoms with Crippen LogP contribution in [-0.4, -0.2) is 25.4 Å². The molecule has 35 heavy (non-hydrogen) atoms. The Balaban J connectivity index is 1.32. The fourth-order valence-corrected chi connectivity index (χ4v) is 3.97. The Labute approximate surface area is 203 Å². The molecule has 5 aromatic rings. The van der Waals surface area contributed by atoms with Gasteiger partial charge in [-0.15, -0.1) is 0 Å². The predicted octanol–water partition coefficient (Wildman–Crippen LogP) is 5.56. The molecule has 3 aromatic carbocycles. The summed E-state index contributed by atoms with van der Waals surface area (Å²) < 4.78 is 1.90. The third kappa shape index (κ3) is 5.35. The third-order valence-electron chi connectivity index (χ3n) is 5.85. The van der Waals surface area contributed by atoms with Gasteiger partial charge in [0.2, 0.25) is 11.9 Å². The van der Waals surface area contributed by atoms with E-state index in [-0.39, 0.29) is 11.9 Å². The maximum absolute atomic E-state index is 12.5. The molecule has 2 aromatic heterocycles. The Morgan fingerprint density at radius 1 is 0.943 bits per heavy atom. The first-order valence-electron chi connectivity index (χ1n) is 11.6. The number of anilines is 2. The lowest BCUT2D eigenvalue weighted by Gasteiger charge is -2.14. The van der Waals surface area contributed by atoms with E-state index in [1.165, 1.54) is 0 Å². The summed E-state index contributed by atoms with van der Waals surface area (Å²) in [5, 5.41) is 6.36. The minimum Gasteiger partial charge on any atom is -0.348 e. The van der Waals surface area contributed by atoms with Crippen LogP contribution in [0.4, 0.5) is 11.6 Å². The van der Waals surface area contributed by atoms with Crippen molar-refractivity contribution in [3.05, 3.63) is 109 Å². The highest BCUT2D eigenvalue weighted by Gasteiger charge is 2.11. The number of fused-ring (bicyclic) bond motifs is 1. The largest absolute Gasteiger partial charge is 0.348 e. The molecule has 0 aliphatic heterocycles. The first-order chi connectivity index (χ1) is 17.2. The number of benzene rings is 3. The molecule has 5 rings (SSSR count). The number of hydrogen-bond acceptors (Lipinski definition) is 5. The Morgan fingerprint density at radius 3 is 2.51 bits per heavy atom. The summed E-state index contributed by atoms with van der Waals surface area (Å²) >= 11 is 0. The number of amides is 1. The zero-order chi connectivity index (χ0) is 24.0. The van der Waals surface area contributed by atoms with E-state index in [4.69, 9.17) is 4.98 Å². The summed E-state index contributed by atoms with van der Waals surface area (Å²) in [6.07, 6.45) is 4.58. The maximum Gasteiger partial charge on any atom is 0.225 e. The van der Waals surface area contributed by atoms with E-state index < -0.39 is 0 Å². The van der Waals surface area contributed by atoms with Crippen molar-refractivity contribution in [3.8, 4) is 5.82 Å². The summed E-state index contributed by atoms with van der Waals surface area (Å²) in [6, 6.07) is 27.8. The molecular weight excluding hydrogens is 436 g/mol. The average molecular weight is 463 g/mol. The number of aromatic nitrogens is 4. The number of nitrogens with one attached hydrogen (secondary N) is 2. The Morgan fingerprint density at radius 2 is 1.71 bits per heavy atom. The van der Waals surface area contributed by atoms with Crippen LogP contribution in [0.2, 0.25) is 0 Å². The molecule has 0 aliphatic carbocycles.